The van der Waals surface area contributed by atoms with Crippen LogP contribution in [-0.4, -0.2) is 21.6 Å². The highest BCUT2D eigenvalue weighted by Gasteiger charge is 2.20. The molecule has 3 N–H and O–H groups in total. The van der Waals surface area contributed by atoms with Gasteiger partial charge in [-0.2, -0.15) is 0 Å². The number of nitrogen functional groups attached to an aromatic ring is 1. The Labute approximate surface area is 164 Å². The molecule has 3 aromatic heterocycles. The van der Waals surface area contributed by atoms with E-state index < -0.39 is 0 Å². The highest BCUT2D eigenvalue weighted by molar-refractivity contribution is 7.99. The molecule has 1 atom stereocenters. The van der Waals surface area contributed by atoms with Crippen molar-refractivity contribution in [3.8, 4) is 0 Å². The van der Waals surface area contributed by atoms with Crippen molar-refractivity contribution in [1.29, 1.82) is 0 Å². The minimum atomic E-state index is -0.0244. The molecule has 1 unspecified atom stereocenters. The molecule has 0 radical (unpaired) electrons. The number of hydrogen-bond donors (Lipinski definition) is 2. The van der Waals surface area contributed by atoms with Gasteiger partial charge in [0.05, 0.1) is 17.2 Å². The van der Waals surface area contributed by atoms with Gasteiger partial charge in [0.15, 0.2) is 5.16 Å². The molecule has 0 saturated heterocycles. The Kier molecular flexibility index (Phi) is 5.15. The highest BCUT2D eigenvalue weighted by atomic mass is 32.2. The average molecular weight is 405 g/mol. The number of carbonyl (C=O) groups is 1. The fourth-order valence-corrected chi connectivity index (χ4v) is 5.98. The van der Waals surface area contributed by atoms with Crippen LogP contribution in [0.3, 0.4) is 0 Å². The van der Waals surface area contributed by atoms with Crippen molar-refractivity contribution in [2.75, 3.05) is 11.5 Å². The summed E-state index contributed by atoms with van der Waals surface area (Å²) in [6.07, 6.45) is 4.62. The quantitative estimate of drug-likeness (QED) is 0.492. The minimum absolute atomic E-state index is 0.0144. The van der Waals surface area contributed by atoms with Gasteiger partial charge in [0, 0.05) is 9.75 Å². The van der Waals surface area contributed by atoms with Crippen molar-refractivity contribution in [3.05, 3.63) is 32.8 Å². The number of thioether (sulfide) groups is 1. The van der Waals surface area contributed by atoms with Gasteiger partial charge in [-0.05, 0) is 49.6 Å². The van der Waals surface area contributed by atoms with Crippen molar-refractivity contribution in [2.24, 2.45) is 0 Å². The Morgan fingerprint density at radius 3 is 3.04 bits per heavy atom. The second-order valence-electron chi connectivity index (χ2n) is 6.38. The van der Waals surface area contributed by atoms with Gasteiger partial charge in [-0.15, -0.1) is 22.7 Å². The smallest absolute Gasteiger partial charge is 0.230 e. The molecule has 136 valence electrons. The summed E-state index contributed by atoms with van der Waals surface area (Å²) in [5, 5.41) is 6.63. The van der Waals surface area contributed by atoms with Crippen molar-refractivity contribution in [1.82, 2.24) is 15.3 Å². The van der Waals surface area contributed by atoms with Crippen molar-refractivity contribution in [3.63, 3.8) is 0 Å². The van der Waals surface area contributed by atoms with Gasteiger partial charge >= 0.3 is 0 Å². The summed E-state index contributed by atoms with van der Waals surface area (Å²) < 4.78 is 0. The van der Waals surface area contributed by atoms with Crippen LogP contribution in [0, 0.1) is 0 Å². The van der Waals surface area contributed by atoms with Gasteiger partial charge in [0.2, 0.25) is 5.91 Å². The van der Waals surface area contributed by atoms with Crippen LogP contribution >= 0.6 is 34.4 Å². The fourth-order valence-electron chi connectivity index (χ4n) is 3.25. The van der Waals surface area contributed by atoms with Crippen molar-refractivity contribution in [2.45, 2.75) is 43.8 Å². The Bertz CT molecular complexity index is 936. The second kappa shape index (κ2) is 7.54. The van der Waals surface area contributed by atoms with E-state index in [1.807, 2.05) is 24.4 Å². The predicted octanol–water partition coefficient (Wildman–Crippen LogP) is 4.18. The number of carbonyl (C=O) groups excluding carboxylic acids is 1. The lowest BCUT2D eigenvalue weighted by Gasteiger charge is -2.12. The monoisotopic (exact) mass is 404 g/mol. The minimum Gasteiger partial charge on any atom is -0.383 e. The Balaban J connectivity index is 1.45. The van der Waals surface area contributed by atoms with E-state index in [1.54, 1.807) is 22.7 Å². The molecule has 5 nitrogen and oxygen atoms in total. The van der Waals surface area contributed by atoms with E-state index in [9.17, 15) is 4.79 Å². The first-order valence-corrected chi connectivity index (χ1v) is 11.3. The normalized spacial score (nSPS) is 15.0. The van der Waals surface area contributed by atoms with E-state index in [0.29, 0.717) is 11.0 Å². The molecule has 0 aliphatic heterocycles. The maximum Gasteiger partial charge on any atom is 0.230 e. The van der Waals surface area contributed by atoms with Crippen LogP contribution in [0.15, 0.2) is 22.7 Å². The van der Waals surface area contributed by atoms with E-state index in [4.69, 9.17) is 5.73 Å². The molecule has 3 heterocycles. The molecule has 0 aromatic carbocycles. The lowest BCUT2D eigenvalue weighted by molar-refractivity contribution is -0.119. The van der Waals surface area contributed by atoms with Crippen LogP contribution in [0.4, 0.5) is 5.82 Å². The molecule has 0 spiro atoms. The first kappa shape index (κ1) is 17.8. The third kappa shape index (κ3) is 3.58. The fraction of sp³-hybridized carbons (Fsp3) is 0.389. The third-order valence-electron chi connectivity index (χ3n) is 4.50. The van der Waals surface area contributed by atoms with E-state index in [-0.39, 0.29) is 17.7 Å². The average Bonchev–Trinajstić information content (AvgIpc) is 3.27. The largest absolute Gasteiger partial charge is 0.383 e. The maximum atomic E-state index is 12.2. The van der Waals surface area contributed by atoms with E-state index in [0.717, 1.165) is 27.9 Å². The number of nitrogens with one attached hydrogen (secondary N) is 1. The number of amides is 1. The zero-order chi connectivity index (χ0) is 18.1. The van der Waals surface area contributed by atoms with Gasteiger partial charge in [-0.1, -0.05) is 17.8 Å². The Hall–Kier alpha value is -1.64. The predicted molar refractivity (Wildman–Crippen MR) is 110 cm³/mol. The van der Waals surface area contributed by atoms with Gasteiger partial charge in [-0.3, -0.25) is 4.79 Å². The highest BCUT2D eigenvalue weighted by Crippen LogP contribution is 2.38. The van der Waals surface area contributed by atoms with Gasteiger partial charge < -0.3 is 11.1 Å². The summed E-state index contributed by atoms with van der Waals surface area (Å²) >= 11 is 4.71. The van der Waals surface area contributed by atoms with Crippen LogP contribution in [0.2, 0.25) is 0 Å². The van der Waals surface area contributed by atoms with E-state index in [1.165, 1.54) is 35.0 Å². The number of rotatable bonds is 5. The second-order valence-corrected chi connectivity index (χ2v) is 9.38. The van der Waals surface area contributed by atoms with Crippen molar-refractivity contribution < 1.29 is 4.79 Å². The standard InChI is InChI=1S/C18H20N4OS3/c1-10(12-7-4-8-24-12)20-14(23)9-25-18-21-16(19)15-11-5-2-3-6-13(11)26-17(15)22-18/h4,7-8,10H,2-3,5-6,9H2,1H3,(H,20,23)(H2,19,21,22). The molecular weight excluding hydrogens is 384 g/mol. The number of nitrogens with two attached hydrogens (primary N) is 1. The molecule has 1 aliphatic carbocycles. The number of fused-ring (bicyclic) bond motifs is 3. The molecular formula is C18H20N4OS3. The summed E-state index contributed by atoms with van der Waals surface area (Å²) in [5.41, 5.74) is 7.56. The van der Waals surface area contributed by atoms with Crippen LogP contribution in [0.1, 0.15) is 41.1 Å². The molecule has 1 aliphatic rings. The first-order chi connectivity index (χ1) is 12.6. The van der Waals surface area contributed by atoms with Crippen LogP contribution < -0.4 is 11.1 Å². The lowest BCUT2D eigenvalue weighted by Crippen LogP contribution is -2.27. The number of nitrogens with zero attached hydrogens (tertiary/aromatic N) is 2. The number of aromatic nitrogens is 2. The summed E-state index contributed by atoms with van der Waals surface area (Å²) in [5.74, 6) is 0.805. The SMILES string of the molecule is CC(NC(=O)CSc1nc(N)c2c3c(sc2n1)CCCC3)c1cccs1. The summed E-state index contributed by atoms with van der Waals surface area (Å²) in [6, 6.07) is 4.03. The van der Waals surface area contributed by atoms with E-state index in [2.05, 4.69) is 15.3 Å². The molecule has 1 amide bonds. The van der Waals surface area contributed by atoms with Gasteiger partial charge in [-0.25, -0.2) is 9.97 Å². The zero-order valence-corrected chi connectivity index (χ0v) is 16.9. The lowest BCUT2D eigenvalue weighted by atomic mass is 9.97. The third-order valence-corrected chi connectivity index (χ3v) is 7.59. The Morgan fingerprint density at radius 2 is 2.23 bits per heavy atom. The van der Waals surface area contributed by atoms with Crippen LogP contribution in [0.25, 0.3) is 10.2 Å². The first-order valence-electron chi connectivity index (χ1n) is 8.65. The van der Waals surface area contributed by atoms with Crippen molar-refractivity contribution >= 4 is 56.4 Å². The Morgan fingerprint density at radius 1 is 1.38 bits per heavy atom. The van der Waals surface area contributed by atoms with Gasteiger partial charge in [0.25, 0.3) is 0 Å². The van der Waals surface area contributed by atoms with Gasteiger partial charge in [0.1, 0.15) is 10.6 Å². The summed E-state index contributed by atoms with van der Waals surface area (Å²) in [6.45, 7) is 1.99. The van der Waals surface area contributed by atoms with Crippen LogP contribution in [0.5, 0.6) is 0 Å². The molecule has 4 rings (SSSR count). The van der Waals surface area contributed by atoms with E-state index >= 15 is 0 Å². The molecule has 26 heavy (non-hydrogen) atoms. The number of aryl methyl sites for hydroxylation is 2. The number of hydrogen-bond acceptors (Lipinski definition) is 7. The molecule has 8 heteroatoms. The zero-order valence-electron chi connectivity index (χ0n) is 14.4. The topological polar surface area (TPSA) is 80.9 Å². The molecule has 0 saturated carbocycles. The summed E-state index contributed by atoms with van der Waals surface area (Å²) in [4.78, 5) is 24.8. The maximum absolute atomic E-state index is 12.2. The number of anilines is 1. The summed E-state index contributed by atoms with van der Waals surface area (Å²) in [7, 11) is 0. The molecule has 0 fully saturated rings. The molecule has 3 aromatic rings. The van der Waals surface area contributed by atoms with Crippen LogP contribution in [-0.2, 0) is 17.6 Å². The molecule has 0 bridgehead atoms. The number of thiophene rings is 2.